The zero-order valence-corrected chi connectivity index (χ0v) is 13.0. The Hall–Kier alpha value is -0.640. The second kappa shape index (κ2) is 5.78. The highest BCUT2D eigenvalue weighted by atomic mass is 79.9. The molecule has 1 unspecified atom stereocenters. The Morgan fingerprint density at radius 2 is 1.74 bits per heavy atom. The lowest BCUT2D eigenvalue weighted by molar-refractivity contribution is 0.569. The molecule has 0 saturated carbocycles. The molecule has 2 aromatic rings. The molecular formula is C14H9BrCl2F2. The minimum Gasteiger partial charge on any atom is -0.207 e. The summed E-state index contributed by atoms with van der Waals surface area (Å²) >= 11 is 15.4. The largest absolute Gasteiger partial charge is 0.207 e. The second-order valence-electron chi connectivity index (χ2n) is 4.13. The number of aryl methyl sites for hydroxylation is 1. The molecule has 0 aliphatic rings. The van der Waals surface area contributed by atoms with Gasteiger partial charge in [0, 0.05) is 11.6 Å². The molecule has 0 aromatic heterocycles. The molecule has 2 rings (SSSR count). The molecule has 2 aromatic carbocycles. The van der Waals surface area contributed by atoms with Gasteiger partial charge in [0.05, 0.1) is 14.9 Å². The summed E-state index contributed by atoms with van der Waals surface area (Å²) in [5, 5.41) is 0.746. The first kappa shape index (κ1) is 14.8. The fraction of sp³-hybridized carbons (Fsp3) is 0.143. The van der Waals surface area contributed by atoms with E-state index >= 15 is 0 Å². The molecule has 0 amide bonds. The lowest BCUT2D eigenvalue weighted by Gasteiger charge is -2.15. The Labute approximate surface area is 128 Å². The van der Waals surface area contributed by atoms with Crippen molar-refractivity contribution in [3.63, 3.8) is 0 Å². The lowest BCUT2D eigenvalue weighted by atomic mass is 10.0. The highest BCUT2D eigenvalue weighted by molar-refractivity contribution is 9.09. The fourth-order valence-electron chi connectivity index (χ4n) is 1.76. The molecule has 0 saturated heterocycles. The molecule has 0 N–H and O–H groups in total. The number of hydrogen-bond acceptors (Lipinski definition) is 0. The summed E-state index contributed by atoms with van der Waals surface area (Å²) in [6, 6.07) is 7.45. The number of halogens is 5. The molecule has 0 nitrogen and oxygen atoms in total. The van der Waals surface area contributed by atoms with E-state index in [1.54, 1.807) is 25.1 Å². The normalized spacial score (nSPS) is 12.5. The maximum atomic E-state index is 13.9. The molecule has 0 heterocycles. The van der Waals surface area contributed by atoms with Gasteiger partial charge in [-0.15, -0.1) is 0 Å². The summed E-state index contributed by atoms with van der Waals surface area (Å²) in [6.45, 7) is 1.58. The van der Waals surface area contributed by atoms with Gasteiger partial charge in [0.15, 0.2) is 0 Å². The van der Waals surface area contributed by atoms with E-state index in [0.29, 0.717) is 26.7 Å². The summed E-state index contributed by atoms with van der Waals surface area (Å²) in [5.74, 6) is -1.20. The van der Waals surface area contributed by atoms with Crippen molar-refractivity contribution in [3.05, 3.63) is 68.7 Å². The molecule has 19 heavy (non-hydrogen) atoms. The SMILES string of the molecule is Cc1cc(C(Br)c2cccc(Cl)c2Cl)c(F)cc1F. The molecule has 5 heteroatoms. The van der Waals surface area contributed by atoms with E-state index in [2.05, 4.69) is 15.9 Å². The van der Waals surface area contributed by atoms with Crippen LogP contribution in [0.25, 0.3) is 0 Å². The van der Waals surface area contributed by atoms with E-state index in [4.69, 9.17) is 23.2 Å². The molecule has 0 fully saturated rings. The van der Waals surface area contributed by atoms with Crippen molar-refractivity contribution in [2.45, 2.75) is 11.8 Å². The molecule has 0 aliphatic carbocycles. The number of benzene rings is 2. The van der Waals surface area contributed by atoms with Crippen molar-refractivity contribution >= 4 is 39.1 Å². The second-order valence-corrected chi connectivity index (χ2v) is 5.83. The quantitative estimate of drug-likeness (QED) is 0.567. The van der Waals surface area contributed by atoms with Crippen LogP contribution in [0.5, 0.6) is 0 Å². The lowest BCUT2D eigenvalue weighted by Crippen LogP contribution is -2.00. The van der Waals surface area contributed by atoms with Crippen LogP contribution in [0.2, 0.25) is 10.0 Å². The van der Waals surface area contributed by atoms with Gasteiger partial charge in [-0.05, 0) is 30.2 Å². The maximum absolute atomic E-state index is 13.9. The van der Waals surface area contributed by atoms with E-state index < -0.39 is 16.5 Å². The molecule has 100 valence electrons. The molecule has 0 radical (unpaired) electrons. The van der Waals surface area contributed by atoms with E-state index in [1.807, 2.05) is 0 Å². The predicted molar refractivity (Wildman–Crippen MR) is 78.3 cm³/mol. The highest BCUT2D eigenvalue weighted by Gasteiger charge is 2.20. The first-order valence-corrected chi connectivity index (χ1v) is 7.12. The van der Waals surface area contributed by atoms with Crippen LogP contribution >= 0.6 is 39.1 Å². The number of hydrogen-bond donors (Lipinski definition) is 0. The number of alkyl halides is 1. The third kappa shape index (κ3) is 2.93. The predicted octanol–water partition coefficient (Wildman–Crippen LogP) is 6.06. The fourth-order valence-corrected chi connectivity index (χ4v) is 3.04. The van der Waals surface area contributed by atoms with Crippen LogP contribution in [0, 0.1) is 18.6 Å². The molecule has 0 spiro atoms. The summed E-state index contributed by atoms with van der Waals surface area (Å²) in [4.78, 5) is -0.488. The Morgan fingerprint density at radius 1 is 1.05 bits per heavy atom. The third-order valence-corrected chi connectivity index (χ3v) is 4.63. The van der Waals surface area contributed by atoms with E-state index in [1.165, 1.54) is 6.07 Å². The van der Waals surface area contributed by atoms with E-state index in [0.717, 1.165) is 6.07 Å². The Kier molecular flexibility index (Phi) is 4.49. The zero-order valence-electron chi connectivity index (χ0n) is 9.85. The standard InChI is InChI=1S/C14H9BrCl2F2/c1-7-5-9(12(19)6-11(7)18)13(15)8-3-2-4-10(16)14(8)17/h2-6,13H,1H3. The van der Waals surface area contributed by atoms with E-state index in [9.17, 15) is 8.78 Å². The Balaban J connectivity index is 2.53. The van der Waals surface area contributed by atoms with Crippen LogP contribution in [-0.2, 0) is 0 Å². The molecule has 0 aliphatic heterocycles. The Morgan fingerprint density at radius 3 is 2.42 bits per heavy atom. The van der Waals surface area contributed by atoms with Crippen molar-refractivity contribution in [2.24, 2.45) is 0 Å². The monoisotopic (exact) mass is 364 g/mol. The van der Waals surface area contributed by atoms with Gasteiger partial charge in [0.1, 0.15) is 11.6 Å². The zero-order chi connectivity index (χ0) is 14.2. The molecular weight excluding hydrogens is 357 g/mol. The van der Waals surface area contributed by atoms with Crippen molar-refractivity contribution in [1.29, 1.82) is 0 Å². The van der Waals surface area contributed by atoms with E-state index in [-0.39, 0.29) is 0 Å². The summed E-state index contributed by atoms with van der Waals surface area (Å²) < 4.78 is 27.1. The first-order chi connectivity index (χ1) is 8.91. The maximum Gasteiger partial charge on any atom is 0.130 e. The summed E-state index contributed by atoms with van der Waals surface area (Å²) in [6.07, 6.45) is 0. The average Bonchev–Trinajstić information content (AvgIpc) is 2.36. The van der Waals surface area contributed by atoms with Gasteiger partial charge in [-0.25, -0.2) is 8.78 Å². The van der Waals surface area contributed by atoms with Crippen molar-refractivity contribution in [1.82, 2.24) is 0 Å². The van der Waals surface area contributed by atoms with Gasteiger partial charge in [0.2, 0.25) is 0 Å². The van der Waals surface area contributed by atoms with Crippen LogP contribution in [0.3, 0.4) is 0 Å². The summed E-state index contributed by atoms with van der Waals surface area (Å²) in [7, 11) is 0. The average molecular weight is 366 g/mol. The minimum absolute atomic E-state index is 0.322. The minimum atomic E-state index is -0.624. The van der Waals surface area contributed by atoms with Gasteiger partial charge in [-0.1, -0.05) is 51.3 Å². The van der Waals surface area contributed by atoms with Crippen LogP contribution in [0.15, 0.2) is 30.3 Å². The third-order valence-electron chi connectivity index (χ3n) is 2.81. The Bertz CT molecular complexity index is 629. The molecule has 0 bridgehead atoms. The van der Waals surface area contributed by atoms with Crippen molar-refractivity contribution in [3.8, 4) is 0 Å². The van der Waals surface area contributed by atoms with Gasteiger partial charge in [0.25, 0.3) is 0 Å². The topological polar surface area (TPSA) is 0 Å². The smallest absolute Gasteiger partial charge is 0.130 e. The van der Waals surface area contributed by atoms with Crippen LogP contribution in [0.1, 0.15) is 21.5 Å². The highest BCUT2D eigenvalue weighted by Crippen LogP contribution is 2.39. The van der Waals surface area contributed by atoms with Crippen LogP contribution < -0.4 is 0 Å². The van der Waals surface area contributed by atoms with Gasteiger partial charge >= 0.3 is 0 Å². The summed E-state index contributed by atoms with van der Waals surface area (Å²) in [5.41, 5.74) is 1.33. The van der Waals surface area contributed by atoms with Crippen molar-refractivity contribution < 1.29 is 8.78 Å². The first-order valence-electron chi connectivity index (χ1n) is 5.45. The van der Waals surface area contributed by atoms with Gasteiger partial charge < -0.3 is 0 Å². The van der Waals surface area contributed by atoms with Gasteiger partial charge in [-0.3, -0.25) is 0 Å². The van der Waals surface area contributed by atoms with Crippen LogP contribution in [0.4, 0.5) is 8.78 Å². The molecule has 1 atom stereocenters. The van der Waals surface area contributed by atoms with Crippen molar-refractivity contribution in [2.75, 3.05) is 0 Å². The van der Waals surface area contributed by atoms with Gasteiger partial charge in [-0.2, -0.15) is 0 Å². The van der Waals surface area contributed by atoms with Crippen LogP contribution in [-0.4, -0.2) is 0 Å². The number of rotatable bonds is 2.